The Morgan fingerprint density at radius 2 is 1.83 bits per heavy atom. The zero-order valence-corrected chi connectivity index (χ0v) is 17.6. The van der Waals surface area contributed by atoms with E-state index in [4.69, 9.17) is 4.74 Å². The van der Waals surface area contributed by atoms with Gasteiger partial charge in [-0.2, -0.15) is 0 Å². The third-order valence-electron chi connectivity index (χ3n) is 4.17. The average molecular weight is 429 g/mol. The van der Waals surface area contributed by atoms with Crippen molar-refractivity contribution in [2.75, 3.05) is 18.2 Å². The number of sulfone groups is 1. The van der Waals surface area contributed by atoms with Crippen molar-refractivity contribution in [3.8, 4) is 17.0 Å². The minimum atomic E-state index is -3.23. The molecule has 1 N–H and O–H groups in total. The van der Waals surface area contributed by atoms with E-state index < -0.39 is 9.84 Å². The highest BCUT2D eigenvalue weighted by Crippen LogP contribution is 2.26. The molecule has 0 aliphatic rings. The molecule has 0 atom stereocenters. The number of hydrogen-bond donors (Lipinski definition) is 1. The van der Waals surface area contributed by atoms with Crippen LogP contribution in [0.4, 0.5) is 5.13 Å². The molecule has 3 aromatic rings. The number of nitrogens with one attached hydrogen (secondary N) is 1. The summed E-state index contributed by atoms with van der Waals surface area (Å²) in [5, 5.41) is 5.10. The quantitative estimate of drug-likeness (QED) is 0.568. The van der Waals surface area contributed by atoms with E-state index in [1.807, 2.05) is 29.6 Å². The number of carbonyl (C=O) groups is 1. The lowest BCUT2D eigenvalue weighted by Gasteiger charge is -2.01. The van der Waals surface area contributed by atoms with Crippen LogP contribution in [0.5, 0.6) is 5.75 Å². The van der Waals surface area contributed by atoms with Crippen LogP contribution in [0.2, 0.25) is 0 Å². The van der Waals surface area contributed by atoms with Crippen molar-refractivity contribution >= 4 is 38.3 Å². The van der Waals surface area contributed by atoms with E-state index in [0.717, 1.165) is 22.6 Å². The Morgan fingerprint density at radius 3 is 2.45 bits per heavy atom. The minimum absolute atomic E-state index is 0.0525. The van der Waals surface area contributed by atoms with E-state index >= 15 is 0 Å². The van der Waals surface area contributed by atoms with Gasteiger partial charge in [-0.15, -0.1) is 11.3 Å². The molecule has 0 aliphatic heterocycles. The molecule has 2 aromatic carbocycles. The molecule has 29 heavy (non-hydrogen) atoms. The molecule has 8 heteroatoms. The molecule has 0 saturated carbocycles. The van der Waals surface area contributed by atoms with Gasteiger partial charge in [-0.05, 0) is 48.0 Å². The first-order valence-corrected chi connectivity index (χ1v) is 11.4. The third kappa shape index (κ3) is 5.30. The van der Waals surface area contributed by atoms with Crippen molar-refractivity contribution in [2.45, 2.75) is 11.8 Å². The Labute approximate surface area is 173 Å². The molecule has 0 bridgehead atoms. The second kappa shape index (κ2) is 9.02. The van der Waals surface area contributed by atoms with Crippen molar-refractivity contribution in [1.82, 2.24) is 4.98 Å². The number of anilines is 1. The molecule has 1 aromatic heterocycles. The van der Waals surface area contributed by atoms with Crippen molar-refractivity contribution in [3.05, 3.63) is 65.6 Å². The molecule has 0 spiro atoms. The van der Waals surface area contributed by atoms with Crippen molar-refractivity contribution < 1.29 is 17.9 Å². The summed E-state index contributed by atoms with van der Waals surface area (Å²) in [5.74, 6) is 0.505. The fourth-order valence-corrected chi connectivity index (χ4v) is 4.10. The largest absolute Gasteiger partial charge is 0.497 e. The van der Waals surface area contributed by atoms with Gasteiger partial charge in [0.05, 0.1) is 23.5 Å². The van der Waals surface area contributed by atoms with Gasteiger partial charge >= 0.3 is 0 Å². The van der Waals surface area contributed by atoms with E-state index in [-0.39, 0.29) is 16.6 Å². The average Bonchev–Trinajstić information content (AvgIpc) is 3.21. The molecule has 1 heterocycles. The van der Waals surface area contributed by atoms with Gasteiger partial charge in [0, 0.05) is 17.0 Å². The number of hydrogen-bond acceptors (Lipinski definition) is 6. The highest BCUT2D eigenvalue weighted by Gasteiger charge is 2.10. The highest BCUT2D eigenvalue weighted by atomic mass is 32.2. The van der Waals surface area contributed by atoms with Crippen molar-refractivity contribution in [1.29, 1.82) is 0 Å². The summed E-state index contributed by atoms with van der Waals surface area (Å²) in [7, 11) is -1.62. The van der Waals surface area contributed by atoms with Crippen LogP contribution in [0, 0.1) is 0 Å². The second-order valence-electron chi connectivity index (χ2n) is 6.06. The standard InChI is InChI=1S/C21H20N2O4S2/c1-3-29(25,26)18-11-4-15(5-12-18)6-13-20(24)23-21-22-19(14-28-21)16-7-9-17(27-2)10-8-16/h4-14H,3H2,1-2H3,(H,22,23,24). The number of ether oxygens (including phenoxy) is 1. The Kier molecular flexibility index (Phi) is 6.46. The SMILES string of the molecule is CCS(=O)(=O)c1ccc(C=CC(=O)Nc2nc(-c3ccc(OC)cc3)cs2)cc1. The lowest BCUT2D eigenvalue weighted by atomic mass is 10.2. The zero-order chi connectivity index (χ0) is 20.9. The summed E-state index contributed by atoms with van der Waals surface area (Å²) in [6.07, 6.45) is 3.01. The van der Waals surface area contributed by atoms with Gasteiger partial charge in [-0.25, -0.2) is 13.4 Å². The summed E-state index contributed by atoms with van der Waals surface area (Å²) in [4.78, 5) is 16.8. The van der Waals surface area contributed by atoms with E-state index in [1.165, 1.54) is 17.4 Å². The van der Waals surface area contributed by atoms with E-state index in [2.05, 4.69) is 10.3 Å². The van der Waals surface area contributed by atoms with Crippen LogP contribution in [0.3, 0.4) is 0 Å². The van der Waals surface area contributed by atoms with Gasteiger partial charge in [0.25, 0.3) is 0 Å². The van der Waals surface area contributed by atoms with Crippen molar-refractivity contribution in [2.24, 2.45) is 0 Å². The lowest BCUT2D eigenvalue weighted by Crippen LogP contribution is -2.07. The Morgan fingerprint density at radius 1 is 1.14 bits per heavy atom. The monoisotopic (exact) mass is 428 g/mol. The Bertz CT molecular complexity index is 1120. The predicted octanol–water partition coefficient (Wildman–Crippen LogP) is 4.26. The first kappa shape index (κ1) is 20.8. The van der Waals surface area contributed by atoms with E-state index in [1.54, 1.807) is 44.4 Å². The maximum Gasteiger partial charge on any atom is 0.250 e. The molecule has 0 radical (unpaired) electrons. The zero-order valence-electron chi connectivity index (χ0n) is 16.0. The van der Waals surface area contributed by atoms with Crippen LogP contribution in [0.25, 0.3) is 17.3 Å². The number of carbonyl (C=O) groups excluding carboxylic acids is 1. The molecule has 1 amide bonds. The lowest BCUT2D eigenvalue weighted by molar-refractivity contribution is -0.111. The Hall–Kier alpha value is -2.97. The molecule has 3 rings (SSSR count). The summed E-state index contributed by atoms with van der Waals surface area (Å²) in [5.41, 5.74) is 2.43. The number of methoxy groups -OCH3 is 1. The predicted molar refractivity (Wildman–Crippen MR) is 116 cm³/mol. The third-order valence-corrected chi connectivity index (χ3v) is 6.67. The highest BCUT2D eigenvalue weighted by molar-refractivity contribution is 7.91. The summed E-state index contributed by atoms with van der Waals surface area (Å²) in [6, 6.07) is 13.9. The molecular formula is C21H20N2O4S2. The van der Waals surface area contributed by atoms with Gasteiger partial charge in [-0.3, -0.25) is 10.1 Å². The molecule has 0 aliphatic carbocycles. The van der Waals surface area contributed by atoms with Crippen molar-refractivity contribution in [3.63, 3.8) is 0 Å². The molecule has 150 valence electrons. The number of aromatic nitrogens is 1. The molecule has 0 fully saturated rings. The normalized spacial score (nSPS) is 11.5. The van der Waals surface area contributed by atoms with Crippen LogP contribution in [0.15, 0.2) is 64.9 Å². The topological polar surface area (TPSA) is 85.4 Å². The van der Waals surface area contributed by atoms with Gasteiger partial charge in [-0.1, -0.05) is 19.1 Å². The maximum absolute atomic E-state index is 12.1. The van der Waals surface area contributed by atoms with Gasteiger partial charge < -0.3 is 4.74 Å². The van der Waals surface area contributed by atoms with Crippen LogP contribution < -0.4 is 10.1 Å². The molecule has 6 nitrogen and oxygen atoms in total. The molecule has 0 unspecified atom stereocenters. The minimum Gasteiger partial charge on any atom is -0.497 e. The summed E-state index contributed by atoms with van der Waals surface area (Å²) < 4.78 is 28.8. The van der Waals surface area contributed by atoms with Gasteiger partial charge in [0.1, 0.15) is 5.75 Å². The van der Waals surface area contributed by atoms with Gasteiger partial charge in [0.2, 0.25) is 5.91 Å². The van der Waals surface area contributed by atoms with Crippen LogP contribution >= 0.6 is 11.3 Å². The number of thiazole rings is 1. The number of nitrogens with zero attached hydrogens (tertiary/aromatic N) is 1. The first-order valence-electron chi connectivity index (χ1n) is 8.83. The van der Waals surface area contributed by atoms with E-state index in [0.29, 0.717) is 5.13 Å². The Balaban J connectivity index is 1.63. The van der Waals surface area contributed by atoms with E-state index in [9.17, 15) is 13.2 Å². The molecular weight excluding hydrogens is 408 g/mol. The molecule has 0 saturated heterocycles. The second-order valence-corrected chi connectivity index (χ2v) is 9.20. The summed E-state index contributed by atoms with van der Waals surface area (Å²) in [6.45, 7) is 1.60. The van der Waals surface area contributed by atoms with Crippen LogP contribution in [-0.2, 0) is 14.6 Å². The van der Waals surface area contributed by atoms with Crippen LogP contribution in [0.1, 0.15) is 12.5 Å². The fourth-order valence-electron chi connectivity index (χ4n) is 2.50. The number of benzene rings is 2. The summed E-state index contributed by atoms with van der Waals surface area (Å²) >= 11 is 1.34. The van der Waals surface area contributed by atoms with Gasteiger partial charge in [0.15, 0.2) is 15.0 Å². The maximum atomic E-state index is 12.1. The smallest absolute Gasteiger partial charge is 0.250 e. The first-order chi connectivity index (χ1) is 13.9. The number of amides is 1. The fraction of sp³-hybridized carbons (Fsp3) is 0.143. The van der Waals surface area contributed by atoms with Crippen LogP contribution in [-0.4, -0.2) is 32.2 Å². The number of rotatable bonds is 7.